The molecule has 0 radical (unpaired) electrons. The number of carbonyl (C=O) groups is 2. The second kappa shape index (κ2) is 3.79. The maximum Gasteiger partial charge on any atom is 0.253 e. The Balaban J connectivity index is 2.44. The Morgan fingerprint density at radius 3 is 2.50 bits per heavy atom. The molecule has 1 aliphatic rings. The molecule has 0 unspecified atom stereocenters. The number of nitrogen functional groups attached to an aromatic ring is 1. The first-order valence-electron chi connectivity index (χ1n) is 5.00. The summed E-state index contributed by atoms with van der Waals surface area (Å²) >= 11 is 1.20. The van der Waals surface area contributed by atoms with Gasteiger partial charge in [-0.05, 0) is 12.8 Å². The molecule has 1 saturated carbocycles. The van der Waals surface area contributed by atoms with E-state index in [2.05, 4.69) is 5.32 Å². The number of nitrogens with two attached hydrogens (primary N) is 2. The molecule has 1 aromatic heterocycles. The normalized spacial score (nSPS) is 14.8. The lowest BCUT2D eigenvalue weighted by molar-refractivity contribution is 0.100. The van der Waals surface area contributed by atoms with Gasteiger partial charge in [0.1, 0.15) is 5.00 Å². The van der Waals surface area contributed by atoms with E-state index < -0.39 is 5.91 Å². The molecule has 5 N–H and O–H groups in total. The first-order chi connectivity index (χ1) is 7.50. The van der Waals surface area contributed by atoms with Crippen LogP contribution in [0.25, 0.3) is 0 Å². The number of anilines is 2. The van der Waals surface area contributed by atoms with Crippen molar-refractivity contribution in [2.75, 3.05) is 11.1 Å². The first kappa shape index (κ1) is 10.9. The smallest absolute Gasteiger partial charge is 0.253 e. The monoisotopic (exact) mass is 239 g/mol. The van der Waals surface area contributed by atoms with Crippen molar-refractivity contribution in [1.82, 2.24) is 0 Å². The van der Waals surface area contributed by atoms with Gasteiger partial charge in [-0.25, -0.2) is 0 Å². The zero-order valence-corrected chi connectivity index (χ0v) is 9.69. The average Bonchev–Trinajstić information content (AvgIpc) is 2.89. The van der Waals surface area contributed by atoms with Crippen LogP contribution in [-0.2, 0) is 0 Å². The first-order valence-corrected chi connectivity index (χ1v) is 5.82. The highest BCUT2D eigenvalue weighted by molar-refractivity contribution is 7.19. The van der Waals surface area contributed by atoms with E-state index in [1.807, 2.05) is 0 Å². The van der Waals surface area contributed by atoms with Crippen LogP contribution in [-0.4, -0.2) is 17.7 Å². The van der Waals surface area contributed by atoms with Crippen LogP contribution in [0.15, 0.2) is 0 Å². The summed E-state index contributed by atoms with van der Waals surface area (Å²) in [6.07, 6.45) is 2.15. The van der Waals surface area contributed by atoms with Crippen LogP contribution in [0.3, 0.4) is 0 Å². The van der Waals surface area contributed by atoms with Gasteiger partial charge >= 0.3 is 0 Å². The summed E-state index contributed by atoms with van der Waals surface area (Å²) < 4.78 is 0. The molecule has 16 heavy (non-hydrogen) atoms. The number of thiophene rings is 1. The molecule has 0 atom stereocenters. The zero-order chi connectivity index (χ0) is 11.9. The quantitative estimate of drug-likeness (QED) is 0.688. The molecule has 0 saturated heterocycles. The molecule has 1 amide bonds. The number of carbonyl (C=O) groups excluding carboxylic acids is 2. The SMILES string of the molecule is CC(=O)c1sc(NC2CC2)c(C(N)=O)c1N. The van der Waals surface area contributed by atoms with Gasteiger partial charge in [-0.3, -0.25) is 9.59 Å². The lowest BCUT2D eigenvalue weighted by atomic mass is 10.2. The fraction of sp³-hybridized carbons (Fsp3) is 0.400. The Bertz CT molecular complexity index is 463. The van der Waals surface area contributed by atoms with Crippen LogP contribution in [0.5, 0.6) is 0 Å². The third kappa shape index (κ3) is 1.88. The van der Waals surface area contributed by atoms with Gasteiger partial charge in [-0.1, -0.05) is 0 Å². The number of hydrogen-bond acceptors (Lipinski definition) is 5. The second-order valence-electron chi connectivity index (χ2n) is 3.89. The van der Waals surface area contributed by atoms with Crippen LogP contribution in [0.4, 0.5) is 10.7 Å². The number of ketones is 1. The predicted molar refractivity (Wildman–Crippen MR) is 63.9 cm³/mol. The number of nitrogens with one attached hydrogen (secondary N) is 1. The maximum absolute atomic E-state index is 11.3. The Morgan fingerprint density at radius 1 is 1.44 bits per heavy atom. The molecule has 0 aliphatic heterocycles. The molecule has 0 spiro atoms. The molecule has 2 rings (SSSR count). The van der Waals surface area contributed by atoms with E-state index in [1.54, 1.807) is 0 Å². The minimum absolute atomic E-state index is 0.145. The maximum atomic E-state index is 11.3. The van der Waals surface area contributed by atoms with Gasteiger partial charge in [0, 0.05) is 13.0 Å². The van der Waals surface area contributed by atoms with E-state index in [-0.39, 0.29) is 17.0 Å². The Labute approximate surface area is 96.8 Å². The van der Waals surface area contributed by atoms with Gasteiger partial charge in [0.15, 0.2) is 5.78 Å². The highest BCUT2D eigenvalue weighted by atomic mass is 32.1. The lowest BCUT2D eigenvalue weighted by Gasteiger charge is -2.02. The van der Waals surface area contributed by atoms with Crippen LogP contribution in [0.2, 0.25) is 0 Å². The van der Waals surface area contributed by atoms with E-state index in [1.165, 1.54) is 18.3 Å². The van der Waals surface area contributed by atoms with Crippen molar-refractivity contribution in [3.8, 4) is 0 Å². The van der Waals surface area contributed by atoms with Crippen molar-refractivity contribution < 1.29 is 9.59 Å². The van der Waals surface area contributed by atoms with Crippen molar-refractivity contribution in [2.45, 2.75) is 25.8 Å². The van der Waals surface area contributed by atoms with Crippen LogP contribution >= 0.6 is 11.3 Å². The molecule has 6 heteroatoms. The molecule has 5 nitrogen and oxygen atoms in total. The van der Waals surface area contributed by atoms with Crippen LogP contribution in [0.1, 0.15) is 39.8 Å². The second-order valence-corrected chi connectivity index (χ2v) is 4.91. The summed E-state index contributed by atoms with van der Waals surface area (Å²) in [5.41, 5.74) is 11.5. The number of rotatable bonds is 4. The number of primary amides is 1. The standard InChI is InChI=1S/C10H13N3O2S/c1-4(14)8-7(11)6(9(12)15)10(16-8)13-5-2-3-5/h5,13H,2-3,11H2,1H3,(H2,12,15). The molecule has 0 aromatic carbocycles. The highest BCUT2D eigenvalue weighted by Crippen LogP contribution is 2.38. The van der Waals surface area contributed by atoms with Gasteiger partial charge in [0.25, 0.3) is 5.91 Å². The summed E-state index contributed by atoms with van der Waals surface area (Å²) in [6, 6.07) is 0.385. The minimum Gasteiger partial charge on any atom is -0.397 e. The van der Waals surface area contributed by atoms with Crippen molar-refractivity contribution in [1.29, 1.82) is 0 Å². The van der Waals surface area contributed by atoms with Gasteiger partial charge in [-0.2, -0.15) is 0 Å². The van der Waals surface area contributed by atoms with E-state index in [0.29, 0.717) is 15.9 Å². The number of Topliss-reactive ketones (excluding diaryl/α,β-unsaturated/α-hetero) is 1. The summed E-state index contributed by atoms with van der Waals surface area (Å²) in [5.74, 6) is -0.738. The van der Waals surface area contributed by atoms with Gasteiger partial charge in [-0.15, -0.1) is 11.3 Å². The zero-order valence-electron chi connectivity index (χ0n) is 8.87. The van der Waals surface area contributed by atoms with Crippen LogP contribution < -0.4 is 16.8 Å². The van der Waals surface area contributed by atoms with Crippen molar-refractivity contribution in [3.63, 3.8) is 0 Å². The molecule has 86 valence electrons. The molecular weight excluding hydrogens is 226 g/mol. The van der Waals surface area contributed by atoms with Gasteiger partial charge in [0.2, 0.25) is 0 Å². The summed E-state index contributed by atoms with van der Waals surface area (Å²) in [7, 11) is 0. The Morgan fingerprint density at radius 2 is 2.06 bits per heavy atom. The molecule has 1 fully saturated rings. The summed E-state index contributed by atoms with van der Waals surface area (Å²) in [4.78, 5) is 23.0. The Hall–Kier alpha value is -1.56. The fourth-order valence-corrected chi connectivity index (χ4v) is 2.56. The Kier molecular flexibility index (Phi) is 2.59. The molecule has 0 bridgehead atoms. The number of hydrogen-bond donors (Lipinski definition) is 3. The largest absolute Gasteiger partial charge is 0.397 e. The topological polar surface area (TPSA) is 98.2 Å². The molecular formula is C10H13N3O2S. The highest BCUT2D eigenvalue weighted by Gasteiger charge is 2.27. The summed E-state index contributed by atoms with van der Waals surface area (Å²) in [5, 5.41) is 3.79. The predicted octanol–water partition coefficient (Wildman–Crippen LogP) is 1.21. The van der Waals surface area contributed by atoms with E-state index in [0.717, 1.165) is 12.8 Å². The van der Waals surface area contributed by atoms with Gasteiger partial charge < -0.3 is 16.8 Å². The van der Waals surface area contributed by atoms with Crippen molar-refractivity contribution >= 4 is 33.7 Å². The van der Waals surface area contributed by atoms with Gasteiger partial charge in [0.05, 0.1) is 16.1 Å². The van der Waals surface area contributed by atoms with Crippen molar-refractivity contribution in [2.24, 2.45) is 5.73 Å². The third-order valence-corrected chi connectivity index (χ3v) is 3.66. The van der Waals surface area contributed by atoms with E-state index in [4.69, 9.17) is 11.5 Å². The number of amides is 1. The van der Waals surface area contributed by atoms with E-state index >= 15 is 0 Å². The fourth-order valence-electron chi connectivity index (χ4n) is 1.46. The molecule has 1 heterocycles. The van der Waals surface area contributed by atoms with Crippen LogP contribution in [0, 0.1) is 0 Å². The average molecular weight is 239 g/mol. The minimum atomic E-state index is -0.593. The lowest BCUT2D eigenvalue weighted by Crippen LogP contribution is -2.15. The molecule has 1 aliphatic carbocycles. The third-order valence-electron chi connectivity index (χ3n) is 2.42. The summed E-state index contributed by atoms with van der Waals surface area (Å²) in [6.45, 7) is 1.42. The molecule has 1 aromatic rings. The van der Waals surface area contributed by atoms with Crippen molar-refractivity contribution in [3.05, 3.63) is 10.4 Å². The van der Waals surface area contributed by atoms with E-state index in [9.17, 15) is 9.59 Å².